The number of rotatable bonds is 5. The molecule has 2 aromatic rings. The van der Waals surface area contributed by atoms with Crippen molar-refractivity contribution >= 4 is 11.7 Å². The Hall–Kier alpha value is -2.88. The van der Waals surface area contributed by atoms with Gasteiger partial charge < -0.3 is 15.4 Å². The van der Waals surface area contributed by atoms with Gasteiger partial charge >= 0.3 is 6.03 Å². The summed E-state index contributed by atoms with van der Waals surface area (Å²) in [5, 5.41) is 14.6. The Kier molecular flexibility index (Phi) is 6.20. The summed E-state index contributed by atoms with van der Waals surface area (Å²) in [6.45, 7) is 3.62. The van der Waals surface area contributed by atoms with Crippen LogP contribution < -0.4 is 10.6 Å². The summed E-state index contributed by atoms with van der Waals surface area (Å²) in [6.07, 6.45) is 0. The molecule has 2 amide bonds. The van der Waals surface area contributed by atoms with Crippen LogP contribution in [0, 0.1) is 11.3 Å². The molecule has 1 heterocycles. The molecule has 0 saturated carbocycles. The van der Waals surface area contributed by atoms with Crippen molar-refractivity contribution in [3.63, 3.8) is 0 Å². The van der Waals surface area contributed by atoms with Crippen molar-refractivity contribution in [2.75, 3.05) is 38.2 Å². The second kappa shape index (κ2) is 8.99. The Morgan fingerprint density at radius 2 is 1.81 bits per heavy atom. The maximum Gasteiger partial charge on any atom is 0.319 e. The molecule has 6 heteroatoms. The highest BCUT2D eigenvalue weighted by molar-refractivity contribution is 5.89. The van der Waals surface area contributed by atoms with Crippen LogP contribution in [0.3, 0.4) is 0 Å². The minimum Gasteiger partial charge on any atom is -0.379 e. The third kappa shape index (κ3) is 4.82. The van der Waals surface area contributed by atoms with Gasteiger partial charge in [0.05, 0.1) is 30.9 Å². The van der Waals surface area contributed by atoms with Crippen LogP contribution in [0.1, 0.15) is 17.2 Å². The first-order chi connectivity index (χ1) is 12.8. The molecule has 0 aromatic heterocycles. The first-order valence-electron chi connectivity index (χ1n) is 8.68. The molecule has 1 aliphatic rings. The van der Waals surface area contributed by atoms with Crippen molar-refractivity contribution in [2.45, 2.75) is 6.04 Å². The molecule has 134 valence electrons. The Morgan fingerprint density at radius 1 is 1.12 bits per heavy atom. The lowest BCUT2D eigenvalue weighted by Crippen LogP contribution is -2.44. The Labute approximate surface area is 153 Å². The maximum atomic E-state index is 12.3. The van der Waals surface area contributed by atoms with E-state index in [1.807, 2.05) is 18.2 Å². The lowest BCUT2D eigenvalue weighted by Gasteiger charge is -2.34. The van der Waals surface area contributed by atoms with Crippen LogP contribution in [0.15, 0.2) is 54.6 Å². The van der Waals surface area contributed by atoms with E-state index < -0.39 is 0 Å². The molecule has 0 aliphatic carbocycles. The first kappa shape index (κ1) is 17.9. The maximum absolute atomic E-state index is 12.3. The van der Waals surface area contributed by atoms with E-state index in [4.69, 9.17) is 10.00 Å². The van der Waals surface area contributed by atoms with E-state index in [1.165, 1.54) is 5.56 Å². The molecule has 0 bridgehead atoms. The summed E-state index contributed by atoms with van der Waals surface area (Å²) in [7, 11) is 0. The van der Waals surface area contributed by atoms with E-state index in [2.05, 4.69) is 33.7 Å². The largest absolute Gasteiger partial charge is 0.379 e. The van der Waals surface area contributed by atoms with E-state index in [9.17, 15) is 4.79 Å². The Bertz CT molecular complexity index is 750. The van der Waals surface area contributed by atoms with Gasteiger partial charge in [-0.3, -0.25) is 4.90 Å². The van der Waals surface area contributed by atoms with Gasteiger partial charge in [-0.15, -0.1) is 0 Å². The lowest BCUT2D eigenvalue weighted by atomic mass is 10.0. The number of hydrogen-bond donors (Lipinski definition) is 2. The molecule has 3 rings (SSSR count). The molecule has 2 N–H and O–H groups in total. The number of ether oxygens (including phenoxy) is 1. The summed E-state index contributed by atoms with van der Waals surface area (Å²) in [5.74, 6) is 0. The molecule has 1 fully saturated rings. The SMILES string of the molecule is N#Cc1ccc(NC(=O)NCC(c2ccccc2)N2CCOCC2)cc1. The third-order valence-corrected chi connectivity index (χ3v) is 4.40. The van der Waals surface area contributed by atoms with Crippen LogP contribution in [-0.4, -0.2) is 43.8 Å². The van der Waals surface area contributed by atoms with Crippen LogP contribution in [0.25, 0.3) is 0 Å². The molecule has 0 radical (unpaired) electrons. The minimum absolute atomic E-state index is 0.104. The van der Waals surface area contributed by atoms with E-state index in [-0.39, 0.29) is 12.1 Å². The molecular formula is C20H22N4O2. The third-order valence-electron chi connectivity index (χ3n) is 4.40. The summed E-state index contributed by atoms with van der Waals surface area (Å²) >= 11 is 0. The van der Waals surface area contributed by atoms with Gasteiger partial charge in [-0.05, 0) is 29.8 Å². The number of amides is 2. The number of carbonyl (C=O) groups excluding carboxylic acids is 1. The zero-order valence-electron chi connectivity index (χ0n) is 14.5. The summed E-state index contributed by atoms with van der Waals surface area (Å²) < 4.78 is 5.44. The Morgan fingerprint density at radius 3 is 2.46 bits per heavy atom. The number of hydrogen-bond acceptors (Lipinski definition) is 4. The Balaban J connectivity index is 1.61. The van der Waals surface area contributed by atoms with E-state index >= 15 is 0 Å². The number of benzene rings is 2. The number of nitrogens with one attached hydrogen (secondary N) is 2. The number of nitrogens with zero attached hydrogens (tertiary/aromatic N) is 2. The average Bonchev–Trinajstić information content (AvgIpc) is 2.70. The summed E-state index contributed by atoms with van der Waals surface area (Å²) in [4.78, 5) is 14.6. The average molecular weight is 350 g/mol. The van der Waals surface area contributed by atoms with Crippen LogP contribution in [0.5, 0.6) is 0 Å². The van der Waals surface area contributed by atoms with Crippen LogP contribution in [0.4, 0.5) is 10.5 Å². The fraction of sp³-hybridized carbons (Fsp3) is 0.300. The lowest BCUT2D eigenvalue weighted by molar-refractivity contribution is 0.0168. The number of morpholine rings is 1. The fourth-order valence-corrected chi connectivity index (χ4v) is 3.01. The second-order valence-electron chi connectivity index (χ2n) is 6.10. The molecule has 1 saturated heterocycles. The molecule has 1 atom stereocenters. The number of nitriles is 1. The zero-order valence-corrected chi connectivity index (χ0v) is 14.5. The predicted molar refractivity (Wildman–Crippen MR) is 99.8 cm³/mol. The molecule has 0 spiro atoms. The second-order valence-corrected chi connectivity index (χ2v) is 6.10. The number of anilines is 1. The van der Waals surface area contributed by atoms with Crippen molar-refractivity contribution in [3.8, 4) is 6.07 Å². The molecule has 2 aromatic carbocycles. The predicted octanol–water partition coefficient (Wildman–Crippen LogP) is 2.75. The molecule has 26 heavy (non-hydrogen) atoms. The van der Waals surface area contributed by atoms with E-state index in [1.54, 1.807) is 24.3 Å². The van der Waals surface area contributed by atoms with Gasteiger partial charge in [-0.2, -0.15) is 5.26 Å². The molecule has 1 unspecified atom stereocenters. The van der Waals surface area contributed by atoms with E-state index in [0.29, 0.717) is 31.0 Å². The normalized spacial score (nSPS) is 15.7. The zero-order chi connectivity index (χ0) is 18.2. The number of carbonyl (C=O) groups is 1. The van der Waals surface area contributed by atoms with Crippen molar-refractivity contribution in [1.82, 2.24) is 10.2 Å². The molecular weight excluding hydrogens is 328 g/mol. The van der Waals surface area contributed by atoms with Gasteiger partial charge in [0.25, 0.3) is 0 Å². The fourth-order valence-electron chi connectivity index (χ4n) is 3.01. The van der Waals surface area contributed by atoms with Gasteiger partial charge in [0.1, 0.15) is 0 Å². The minimum atomic E-state index is -0.260. The van der Waals surface area contributed by atoms with Gasteiger partial charge in [0, 0.05) is 25.3 Å². The monoisotopic (exact) mass is 350 g/mol. The standard InChI is InChI=1S/C20H22N4O2/c21-14-16-6-8-18(9-7-16)23-20(25)22-15-19(17-4-2-1-3-5-17)24-10-12-26-13-11-24/h1-9,19H,10-13,15H2,(H2,22,23,25). The van der Waals surface area contributed by atoms with Crippen molar-refractivity contribution < 1.29 is 9.53 Å². The van der Waals surface area contributed by atoms with Gasteiger partial charge in [0.15, 0.2) is 0 Å². The van der Waals surface area contributed by atoms with Crippen LogP contribution in [-0.2, 0) is 4.74 Å². The first-order valence-corrected chi connectivity index (χ1v) is 8.68. The molecule has 1 aliphatic heterocycles. The van der Waals surface area contributed by atoms with Crippen molar-refractivity contribution in [2.24, 2.45) is 0 Å². The van der Waals surface area contributed by atoms with Crippen LogP contribution in [0.2, 0.25) is 0 Å². The topological polar surface area (TPSA) is 77.4 Å². The highest BCUT2D eigenvalue weighted by Gasteiger charge is 2.23. The highest BCUT2D eigenvalue weighted by Crippen LogP contribution is 2.21. The van der Waals surface area contributed by atoms with Gasteiger partial charge in [0.2, 0.25) is 0 Å². The van der Waals surface area contributed by atoms with Gasteiger partial charge in [-0.25, -0.2) is 4.79 Å². The number of urea groups is 1. The quantitative estimate of drug-likeness (QED) is 0.869. The summed E-state index contributed by atoms with van der Waals surface area (Å²) in [5.41, 5.74) is 2.39. The summed E-state index contributed by atoms with van der Waals surface area (Å²) in [6, 6.07) is 18.9. The van der Waals surface area contributed by atoms with E-state index in [0.717, 1.165) is 13.1 Å². The smallest absolute Gasteiger partial charge is 0.319 e. The molecule has 6 nitrogen and oxygen atoms in total. The highest BCUT2D eigenvalue weighted by atomic mass is 16.5. The van der Waals surface area contributed by atoms with Crippen molar-refractivity contribution in [3.05, 3.63) is 65.7 Å². The van der Waals surface area contributed by atoms with Gasteiger partial charge in [-0.1, -0.05) is 30.3 Å². The van der Waals surface area contributed by atoms with Crippen LogP contribution >= 0.6 is 0 Å². The van der Waals surface area contributed by atoms with Crippen molar-refractivity contribution in [1.29, 1.82) is 5.26 Å².